The highest BCUT2D eigenvalue weighted by Gasteiger charge is 2.23. The van der Waals surface area contributed by atoms with Gasteiger partial charge in [-0.3, -0.25) is 0 Å². The normalized spacial score (nSPS) is 18.7. The Morgan fingerprint density at radius 2 is 2.00 bits per heavy atom. The summed E-state index contributed by atoms with van der Waals surface area (Å²) >= 11 is 11.7. The van der Waals surface area contributed by atoms with Crippen LogP contribution in [0.25, 0.3) is 11.3 Å². The Balaban J connectivity index is 2.08. The molecule has 0 N–H and O–H groups in total. The van der Waals surface area contributed by atoms with Gasteiger partial charge in [0.25, 0.3) is 0 Å². The van der Waals surface area contributed by atoms with Crippen LogP contribution in [-0.2, 0) is 0 Å². The third-order valence-corrected chi connectivity index (χ3v) is 5.72. The summed E-state index contributed by atoms with van der Waals surface area (Å²) in [5, 5.41) is 0.879. The highest BCUT2D eigenvalue weighted by molar-refractivity contribution is 9.10. The van der Waals surface area contributed by atoms with Gasteiger partial charge in [-0.05, 0) is 34.5 Å². The maximum atomic E-state index is 6.24. The Labute approximate surface area is 130 Å². The monoisotopic (exact) mass is 354 g/mol. The molecule has 0 spiro atoms. The minimum atomic E-state index is 0.382. The number of hydrogen-bond donors (Lipinski definition) is 0. The lowest BCUT2D eigenvalue weighted by Crippen LogP contribution is -2.01. The highest BCUT2D eigenvalue weighted by atomic mass is 79.9. The van der Waals surface area contributed by atoms with Crippen molar-refractivity contribution in [3.8, 4) is 11.3 Å². The van der Waals surface area contributed by atoms with Gasteiger partial charge in [-0.25, -0.2) is 9.97 Å². The van der Waals surface area contributed by atoms with Gasteiger partial charge in [-0.15, -0.1) is 0 Å². The van der Waals surface area contributed by atoms with Gasteiger partial charge in [0.1, 0.15) is 11.0 Å². The third kappa shape index (κ3) is 2.81. The lowest BCUT2D eigenvalue weighted by atomic mass is 10.1. The molecule has 98 valence electrons. The first kappa shape index (κ1) is 13.4. The summed E-state index contributed by atoms with van der Waals surface area (Å²) in [5.74, 6) is 2.04. The molecule has 1 aliphatic rings. The first-order valence-corrected chi connectivity index (χ1v) is 8.37. The van der Waals surface area contributed by atoms with Crippen molar-refractivity contribution in [1.29, 1.82) is 0 Å². The highest BCUT2D eigenvalue weighted by Crippen LogP contribution is 2.40. The number of aromatic nitrogens is 2. The number of halogens is 2. The van der Waals surface area contributed by atoms with Crippen molar-refractivity contribution < 1.29 is 0 Å². The molecule has 2 aromatic rings. The van der Waals surface area contributed by atoms with E-state index < -0.39 is 0 Å². The molecule has 1 aromatic heterocycles. The van der Waals surface area contributed by atoms with Crippen molar-refractivity contribution in [2.24, 2.45) is 0 Å². The summed E-state index contributed by atoms with van der Waals surface area (Å²) < 4.78 is 0.770. The lowest BCUT2D eigenvalue weighted by molar-refractivity contribution is 0.777. The summed E-state index contributed by atoms with van der Waals surface area (Å²) in [6.45, 7) is 0. The van der Waals surface area contributed by atoms with Crippen molar-refractivity contribution in [1.82, 2.24) is 9.97 Å². The van der Waals surface area contributed by atoms with Crippen LogP contribution in [0, 0.1) is 0 Å². The van der Waals surface area contributed by atoms with E-state index in [9.17, 15) is 0 Å². The quantitative estimate of drug-likeness (QED) is 0.699. The zero-order valence-corrected chi connectivity index (χ0v) is 13.3. The second-order valence-corrected chi connectivity index (χ2v) is 6.86. The largest absolute Gasteiger partial charge is 0.230 e. The molecule has 0 aliphatic carbocycles. The van der Waals surface area contributed by atoms with Crippen LogP contribution >= 0.6 is 39.3 Å². The van der Waals surface area contributed by atoms with E-state index in [4.69, 9.17) is 16.6 Å². The minimum absolute atomic E-state index is 0.382. The van der Waals surface area contributed by atoms with E-state index in [1.165, 1.54) is 12.2 Å². The van der Waals surface area contributed by atoms with E-state index in [2.05, 4.69) is 20.9 Å². The standard InChI is InChI=1S/C14H12BrClN2S/c15-11-12(9-5-2-1-3-6-9)17-14(18-13(11)16)10-7-4-8-19-10/h1-3,5-6,10H,4,7-8H2. The van der Waals surface area contributed by atoms with E-state index >= 15 is 0 Å². The fourth-order valence-corrected chi connectivity index (χ4v) is 3.94. The van der Waals surface area contributed by atoms with E-state index in [0.29, 0.717) is 10.4 Å². The molecule has 2 heterocycles. The van der Waals surface area contributed by atoms with Crippen molar-refractivity contribution in [2.75, 3.05) is 5.75 Å². The van der Waals surface area contributed by atoms with Gasteiger partial charge >= 0.3 is 0 Å². The van der Waals surface area contributed by atoms with Crippen LogP contribution in [0.1, 0.15) is 23.9 Å². The number of thioether (sulfide) groups is 1. The first-order chi connectivity index (χ1) is 9.25. The SMILES string of the molecule is Clc1nc(C2CCCS2)nc(-c2ccccc2)c1Br. The van der Waals surface area contributed by atoms with Crippen LogP contribution in [0.15, 0.2) is 34.8 Å². The zero-order chi connectivity index (χ0) is 13.2. The molecule has 1 saturated heterocycles. The number of hydrogen-bond acceptors (Lipinski definition) is 3. The molecule has 0 amide bonds. The van der Waals surface area contributed by atoms with E-state index in [1.54, 1.807) is 0 Å². The average Bonchev–Trinajstić information content (AvgIpc) is 2.97. The maximum Gasteiger partial charge on any atom is 0.147 e. The molecule has 1 atom stereocenters. The number of rotatable bonds is 2. The Morgan fingerprint density at radius 3 is 2.68 bits per heavy atom. The van der Waals surface area contributed by atoms with Gasteiger partial charge < -0.3 is 0 Å². The van der Waals surface area contributed by atoms with Crippen LogP contribution in [0.2, 0.25) is 5.15 Å². The van der Waals surface area contributed by atoms with Crippen molar-refractivity contribution in [3.05, 3.63) is 45.8 Å². The minimum Gasteiger partial charge on any atom is -0.230 e. The molecule has 0 radical (unpaired) electrons. The van der Waals surface area contributed by atoms with Gasteiger partial charge in [0.2, 0.25) is 0 Å². The molecule has 1 fully saturated rings. The number of nitrogens with zero attached hydrogens (tertiary/aromatic N) is 2. The predicted octanol–water partition coefficient (Wildman–Crippen LogP) is 5.13. The molecule has 19 heavy (non-hydrogen) atoms. The molecule has 2 nitrogen and oxygen atoms in total. The van der Waals surface area contributed by atoms with E-state index in [-0.39, 0.29) is 0 Å². The summed E-state index contributed by atoms with van der Waals surface area (Å²) in [6, 6.07) is 10.1. The molecule has 5 heteroatoms. The van der Waals surface area contributed by atoms with Gasteiger partial charge in [0.05, 0.1) is 15.4 Å². The third-order valence-electron chi connectivity index (χ3n) is 3.09. The van der Waals surface area contributed by atoms with Gasteiger partial charge in [-0.2, -0.15) is 11.8 Å². The molecular weight excluding hydrogens is 344 g/mol. The number of benzene rings is 1. The maximum absolute atomic E-state index is 6.24. The average molecular weight is 356 g/mol. The second-order valence-electron chi connectivity index (χ2n) is 4.40. The van der Waals surface area contributed by atoms with Crippen LogP contribution in [0.3, 0.4) is 0 Å². The smallest absolute Gasteiger partial charge is 0.147 e. The molecule has 0 bridgehead atoms. The Morgan fingerprint density at radius 1 is 1.21 bits per heavy atom. The van der Waals surface area contributed by atoms with Crippen LogP contribution < -0.4 is 0 Å². The lowest BCUT2D eigenvalue weighted by Gasteiger charge is -2.11. The van der Waals surface area contributed by atoms with Gasteiger partial charge in [0, 0.05) is 5.56 Å². The van der Waals surface area contributed by atoms with Crippen molar-refractivity contribution >= 4 is 39.3 Å². The predicted molar refractivity (Wildman–Crippen MR) is 84.6 cm³/mol. The summed E-state index contributed by atoms with van der Waals surface area (Å²) in [4.78, 5) is 9.15. The summed E-state index contributed by atoms with van der Waals surface area (Å²) in [7, 11) is 0. The zero-order valence-electron chi connectivity index (χ0n) is 10.1. The first-order valence-electron chi connectivity index (χ1n) is 6.15. The Bertz CT molecular complexity index is 585. The molecule has 1 unspecified atom stereocenters. The molecule has 1 aromatic carbocycles. The van der Waals surface area contributed by atoms with Crippen LogP contribution in [0.5, 0.6) is 0 Å². The topological polar surface area (TPSA) is 25.8 Å². The Kier molecular flexibility index (Phi) is 4.10. The summed E-state index contributed by atoms with van der Waals surface area (Å²) in [5.41, 5.74) is 1.94. The van der Waals surface area contributed by atoms with Crippen molar-refractivity contribution in [3.63, 3.8) is 0 Å². The fraction of sp³-hybridized carbons (Fsp3) is 0.286. The van der Waals surface area contributed by atoms with Gasteiger partial charge in [-0.1, -0.05) is 41.9 Å². The second kappa shape index (κ2) is 5.81. The van der Waals surface area contributed by atoms with Crippen LogP contribution in [-0.4, -0.2) is 15.7 Å². The fourth-order valence-electron chi connectivity index (χ4n) is 2.15. The van der Waals surface area contributed by atoms with Crippen LogP contribution in [0.4, 0.5) is 0 Å². The van der Waals surface area contributed by atoms with Gasteiger partial charge in [0.15, 0.2) is 0 Å². The molecule has 3 rings (SSSR count). The molecule has 1 aliphatic heterocycles. The Hall–Kier alpha value is -0.580. The van der Waals surface area contributed by atoms with Crippen molar-refractivity contribution in [2.45, 2.75) is 18.1 Å². The summed E-state index contributed by atoms with van der Waals surface area (Å²) in [6.07, 6.45) is 2.36. The molecular formula is C14H12BrClN2S. The molecule has 0 saturated carbocycles. The van der Waals surface area contributed by atoms with E-state index in [0.717, 1.165) is 28.0 Å². The van der Waals surface area contributed by atoms with E-state index in [1.807, 2.05) is 42.1 Å².